The van der Waals surface area contributed by atoms with Crippen LogP contribution in [0.1, 0.15) is 10.5 Å². The Morgan fingerprint density at radius 2 is 2.29 bits per heavy atom. The highest BCUT2D eigenvalue weighted by molar-refractivity contribution is 5.91. The van der Waals surface area contributed by atoms with Crippen molar-refractivity contribution in [3.05, 3.63) is 40.6 Å². The summed E-state index contributed by atoms with van der Waals surface area (Å²) in [6.45, 7) is 0. The van der Waals surface area contributed by atoms with Gasteiger partial charge in [0.1, 0.15) is 5.69 Å². The number of pyridine rings is 2. The van der Waals surface area contributed by atoms with Gasteiger partial charge in [0.2, 0.25) is 0 Å². The van der Waals surface area contributed by atoms with Crippen molar-refractivity contribution >= 4 is 16.7 Å². The smallest absolute Gasteiger partial charge is 0.354 e. The van der Waals surface area contributed by atoms with Crippen molar-refractivity contribution < 1.29 is 9.90 Å². The third-order valence-electron chi connectivity index (χ3n) is 1.88. The first-order valence-electron chi connectivity index (χ1n) is 3.89. The standard InChI is InChI=1S/C9H6N2O3/c12-8-6-4-11-7(9(13)14)3-5(6)1-2-10-8/h1-4H,(H,10,12)(H,13,14). The highest BCUT2D eigenvalue weighted by atomic mass is 16.4. The van der Waals surface area contributed by atoms with E-state index in [1.807, 2.05) is 0 Å². The van der Waals surface area contributed by atoms with Crippen molar-refractivity contribution in [2.24, 2.45) is 0 Å². The summed E-state index contributed by atoms with van der Waals surface area (Å²) < 4.78 is 0. The van der Waals surface area contributed by atoms with Gasteiger partial charge in [0.05, 0.1) is 5.39 Å². The molecule has 5 heteroatoms. The Morgan fingerprint density at radius 1 is 1.50 bits per heavy atom. The zero-order chi connectivity index (χ0) is 10.1. The van der Waals surface area contributed by atoms with Crippen LogP contribution < -0.4 is 5.56 Å². The average Bonchev–Trinajstić information content (AvgIpc) is 2.17. The number of carboxylic acid groups (broad SMARTS) is 1. The number of carbonyl (C=O) groups is 1. The van der Waals surface area contributed by atoms with Gasteiger partial charge in [-0.15, -0.1) is 0 Å². The minimum absolute atomic E-state index is 0.0666. The summed E-state index contributed by atoms with van der Waals surface area (Å²) in [5, 5.41) is 9.62. The molecule has 0 amide bonds. The molecule has 0 fully saturated rings. The minimum Gasteiger partial charge on any atom is -0.477 e. The van der Waals surface area contributed by atoms with Gasteiger partial charge in [-0.2, -0.15) is 0 Å². The largest absolute Gasteiger partial charge is 0.477 e. The van der Waals surface area contributed by atoms with Gasteiger partial charge in [-0.1, -0.05) is 0 Å². The number of H-pyrrole nitrogens is 1. The third-order valence-corrected chi connectivity index (χ3v) is 1.88. The lowest BCUT2D eigenvalue weighted by Gasteiger charge is -1.96. The maximum absolute atomic E-state index is 11.2. The molecule has 70 valence electrons. The van der Waals surface area contributed by atoms with E-state index in [0.717, 1.165) is 0 Å². The summed E-state index contributed by atoms with van der Waals surface area (Å²) in [4.78, 5) is 27.9. The number of fused-ring (bicyclic) bond motifs is 1. The van der Waals surface area contributed by atoms with Gasteiger partial charge >= 0.3 is 5.97 Å². The number of rotatable bonds is 1. The molecule has 0 aliphatic heterocycles. The van der Waals surface area contributed by atoms with Crippen LogP contribution in [0.3, 0.4) is 0 Å². The Labute approximate surface area is 78.0 Å². The maximum Gasteiger partial charge on any atom is 0.354 e. The first kappa shape index (κ1) is 8.43. The number of nitrogens with zero attached hydrogens (tertiary/aromatic N) is 1. The third kappa shape index (κ3) is 1.24. The van der Waals surface area contributed by atoms with Crippen LogP contribution in [0.5, 0.6) is 0 Å². The quantitative estimate of drug-likeness (QED) is 0.690. The fourth-order valence-corrected chi connectivity index (χ4v) is 1.20. The van der Waals surface area contributed by atoms with Crippen molar-refractivity contribution in [2.75, 3.05) is 0 Å². The van der Waals surface area contributed by atoms with Gasteiger partial charge in [0, 0.05) is 12.4 Å². The lowest BCUT2D eigenvalue weighted by atomic mass is 10.2. The van der Waals surface area contributed by atoms with E-state index in [1.54, 1.807) is 6.07 Å². The highest BCUT2D eigenvalue weighted by Gasteiger charge is 2.06. The number of nitrogens with one attached hydrogen (secondary N) is 1. The number of carboxylic acids is 1. The van der Waals surface area contributed by atoms with Gasteiger partial charge in [-0.05, 0) is 17.5 Å². The molecule has 0 aliphatic rings. The molecular formula is C9H6N2O3. The summed E-state index contributed by atoms with van der Waals surface area (Å²) in [6, 6.07) is 3.00. The number of hydrogen-bond acceptors (Lipinski definition) is 3. The minimum atomic E-state index is -1.10. The van der Waals surface area contributed by atoms with E-state index in [0.29, 0.717) is 10.8 Å². The fourth-order valence-electron chi connectivity index (χ4n) is 1.20. The molecule has 0 aromatic carbocycles. The van der Waals surface area contributed by atoms with Gasteiger partial charge in [0.15, 0.2) is 0 Å². The molecule has 2 N–H and O–H groups in total. The second-order valence-electron chi connectivity index (χ2n) is 2.77. The Bertz CT molecular complexity index is 559. The van der Waals surface area contributed by atoms with Crippen molar-refractivity contribution in [2.45, 2.75) is 0 Å². The van der Waals surface area contributed by atoms with Gasteiger partial charge in [-0.25, -0.2) is 9.78 Å². The van der Waals surface area contributed by atoms with Crippen LogP contribution in [0, 0.1) is 0 Å². The zero-order valence-electron chi connectivity index (χ0n) is 7.02. The summed E-state index contributed by atoms with van der Waals surface area (Å²) >= 11 is 0. The van der Waals surface area contributed by atoms with Crippen molar-refractivity contribution in [1.29, 1.82) is 0 Å². The molecule has 0 spiro atoms. The zero-order valence-corrected chi connectivity index (χ0v) is 7.02. The van der Waals surface area contributed by atoms with Gasteiger partial charge in [0.25, 0.3) is 5.56 Å². The van der Waals surface area contributed by atoms with E-state index in [-0.39, 0.29) is 11.3 Å². The fraction of sp³-hybridized carbons (Fsp3) is 0. The summed E-state index contributed by atoms with van der Waals surface area (Å²) in [5.74, 6) is -1.10. The highest BCUT2D eigenvalue weighted by Crippen LogP contribution is 2.08. The Kier molecular flexibility index (Phi) is 1.78. The molecule has 14 heavy (non-hydrogen) atoms. The molecule has 0 radical (unpaired) electrons. The summed E-state index contributed by atoms with van der Waals surface area (Å²) in [6.07, 6.45) is 2.73. The Morgan fingerprint density at radius 3 is 3.00 bits per heavy atom. The molecule has 2 heterocycles. The van der Waals surface area contributed by atoms with Crippen molar-refractivity contribution in [3.63, 3.8) is 0 Å². The molecule has 0 saturated carbocycles. The molecule has 2 aromatic heterocycles. The van der Waals surface area contributed by atoms with Crippen LogP contribution in [0.15, 0.2) is 29.3 Å². The number of aromatic amines is 1. The Hall–Kier alpha value is -2.17. The SMILES string of the molecule is O=C(O)c1cc2cc[nH]c(=O)c2cn1. The number of hydrogen-bond donors (Lipinski definition) is 2. The molecular weight excluding hydrogens is 184 g/mol. The Balaban J connectivity index is 2.80. The van der Waals surface area contributed by atoms with Crippen molar-refractivity contribution in [3.8, 4) is 0 Å². The molecule has 0 bridgehead atoms. The second-order valence-corrected chi connectivity index (χ2v) is 2.77. The van der Waals surface area contributed by atoms with Gasteiger partial charge < -0.3 is 10.1 Å². The van der Waals surface area contributed by atoms with Crippen LogP contribution in [-0.2, 0) is 0 Å². The second kappa shape index (κ2) is 2.95. The van der Waals surface area contributed by atoms with Crippen molar-refractivity contribution in [1.82, 2.24) is 9.97 Å². The average molecular weight is 190 g/mol. The normalized spacial score (nSPS) is 10.3. The van der Waals surface area contributed by atoms with E-state index in [1.165, 1.54) is 18.5 Å². The number of aromatic carboxylic acids is 1. The summed E-state index contributed by atoms with van der Waals surface area (Å²) in [5.41, 5.74) is -0.338. The van der Waals surface area contributed by atoms with Crippen LogP contribution in [0.4, 0.5) is 0 Å². The molecule has 5 nitrogen and oxygen atoms in total. The predicted molar refractivity (Wildman–Crippen MR) is 49.3 cm³/mol. The first-order valence-corrected chi connectivity index (χ1v) is 3.89. The summed E-state index contributed by atoms with van der Waals surface area (Å²) in [7, 11) is 0. The van der Waals surface area contributed by atoms with E-state index >= 15 is 0 Å². The lowest BCUT2D eigenvalue weighted by molar-refractivity contribution is 0.0690. The molecule has 2 rings (SSSR count). The molecule has 2 aromatic rings. The van der Waals surface area contributed by atoms with Crippen LogP contribution in [-0.4, -0.2) is 21.0 Å². The lowest BCUT2D eigenvalue weighted by Crippen LogP contribution is -2.07. The van der Waals surface area contributed by atoms with Crippen LogP contribution in [0.25, 0.3) is 10.8 Å². The predicted octanol–water partition coefficient (Wildman–Crippen LogP) is 0.621. The molecule has 0 saturated heterocycles. The molecule has 0 aliphatic carbocycles. The van der Waals surface area contributed by atoms with E-state index < -0.39 is 5.97 Å². The van der Waals surface area contributed by atoms with Crippen LogP contribution >= 0.6 is 0 Å². The maximum atomic E-state index is 11.2. The monoisotopic (exact) mass is 190 g/mol. The molecule has 0 atom stereocenters. The topological polar surface area (TPSA) is 83.0 Å². The van der Waals surface area contributed by atoms with E-state index in [9.17, 15) is 9.59 Å². The van der Waals surface area contributed by atoms with E-state index in [2.05, 4.69) is 9.97 Å². The van der Waals surface area contributed by atoms with E-state index in [4.69, 9.17) is 5.11 Å². The first-order chi connectivity index (χ1) is 6.68. The van der Waals surface area contributed by atoms with Crippen LogP contribution in [0.2, 0.25) is 0 Å². The molecule has 0 unspecified atom stereocenters. The number of aromatic nitrogens is 2. The van der Waals surface area contributed by atoms with Gasteiger partial charge in [-0.3, -0.25) is 4.79 Å².